The number of aliphatic imine (C=N–C) groups is 1. The topological polar surface area (TPSA) is 61.8 Å². The van der Waals surface area contributed by atoms with Crippen LogP contribution in [0.1, 0.15) is 29.9 Å². The number of guanidine groups is 1. The molecule has 26 heavy (non-hydrogen) atoms. The molecule has 2 saturated heterocycles. The van der Waals surface area contributed by atoms with Crippen LogP contribution < -0.4 is 5.32 Å². The van der Waals surface area contributed by atoms with Crippen molar-refractivity contribution in [1.82, 2.24) is 10.2 Å². The fourth-order valence-electron chi connectivity index (χ4n) is 3.81. The molecule has 2 aliphatic rings. The molecule has 2 unspecified atom stereocenters. The average molecular weight is 376 g/mol. The normalized spacial score (nSPS) is 25.4. The van der Waals surface area contributed by atoms with Gasteiger partial charge in [-0.15, -0.1) is 6.58 Å². The van der Waals surface area contributed by atoms with Crippen LogP contribution in [0.4, 0.5) is 0 Å². The predicted molar refractivity (Wildman–Crippen MR) is 107 cm³/mol. The highest BCUT2D eigenvalue weighted by Crippen LogP contribution is 2.28. The maximum atomic E-state index is 11.7. The van der Waals surface area contributed by atoms with Crippen molar-refractivity contribution in [2.75, 3.05) is 37.7 Å². The molecule has 0 radical (unpaired) electrons. The quantitative estimate of drug-likeness (QED) is 0.488. The number of nitrogens with one attached hydrogen (secondary N) is 1. The fourth-order valence-corrected chi connectivity index (χ4v) is 5.66. The predicted octanol–water partition coefficient (Wildman–Crippen LogP) is 2.35. The molecule has 1 aromatic rings. The van der Waals surface area contributed by atoms with Gasteiger partial charge in [0, 0.05) is 32.1 Å². The largest absolute Gasteiger partial charge is 0.353 e. The molecule has 2 aliphatic heterocycles. The Morgan fingerprint density at radius 3 is 2.96 bits per heavy atom. The molecule has 3 rings (SSSR count). The van der Waals surface area contributed by atoms with E-state index in [4.69, 9.17) is 4.99 Å². The molecule has 2 heterocycles. The first-order valence-electron chi connectivity index (χ1n) is 9.38. The summed E-state index contributed by atoms with van der Waals surface area (Å²) in [6, 6.07) is 8.73. The van der Waals surface area contributed by atoms with Crippen molar-refractivity contribution < 1.29 is 8.42 Å². The van der Waals surface area contributed by atoms with Crippen LogP contribution in [0.5, 0.6) is 0 Å². The Balaban J connectivity index is 1.66. The second-order valence-electron chi connectivity index (χ2n) is 7.45. The maximum absolute atomic E-state index is 11.7. The van der Waals surface area contributed by atoms with Crippen molar-refractivity contribution in [1.29, 1.82) is 0 Å². The summed E-state index contributed by atoms with van der Waals surface area (Å²) >= 11 is 0. The van der Waals surface area contributed by atoms with Crippen molar-refractivity contribution in [3.63, 3.8) is 0 Å². The molecule has 1 N–H and O–H groups in total. The minimum absolute atomic E-state index is 0.149. The van der Waals surface area contributed by atoms with Gasteiger partial charge >= 0.3 is 0 Å². The number of aryl methyl sites for hydroxylation is 1. The molecular formula is C20H29N3O2S. The highest BCUT2D eigenvalue weighted by atomic mass is 32.2. The molecule has 0 saturated carbocycles. The highest BCUT2D eigenvalue weighted by molar-refractivity contribution is 7.91. The van der Waals surface area contributed by atoms with Gasteiger partial charge in [0.25, 0.3) is 0 Å². The second-order valence-corrected chi connectivity index (χ2v) is 9.68. The number of rotatable bonds is 5. The molecule has 0 bridgehead atoms. The van der Waals surface area contributed by atoms with Crippen LogP contribution in [0.2, 0.25) is 0 Å². The van der Waals surface area contributed by atoms with Crippen molar-refractivity contribution in [3.05, 3.63) is 48.0 Å². The van der Waals surface area contributed by atoms with Crippen LogP contribution in [0.25, 0.3) is 0 Å². The van der Waals surface area contributed by atoms with E-state index in [1.807, 2.05) is 6.08 Å². The fraction of sp³-hybridized carbons (Fsp3) is 0.550. The van der Waals surface area contributed by atoms with E-state index >= 15 is 0 Å². The zero-order chi connectivity index (χ0) is 18.6. The lowest BCUT2D eigenvalue weighted by atomic mass is 9.97. The molecular weight excluding hydrogens is 346 g/mol. The minimum atomic E-state index is -2.85. The zero-order valence-corrected chi connectivity index (χ0v) is 16.3. The Morgan fingerprint density at radius 1 is 1.42 bits per heavy atom. The number of hydrogen-bond donors (Lipinski definition) is 1. The van der Waals surface area contributed by atoms with Crippen LogP contribution in [0, 0.1) is 12.8 Å². The summed E-state index contributed by atoms with van der Waals surface area (Å²) in [7, 11) is -2.85. The third-order valence-electron chi connectivity index (χ3n) is 5.23. The maximum Gasteiger partial charge on any atom is 0.194 e. The van der Waals surface area contributed by atoms with E-state index in [9.17, 15) is 8.42 Å². The molecule has 2 atom stereocenters. The summed E-state index contributed by atoms with van der Waals surface area (Å²) in [6.07, 6.45) is 3.66. The average Bonchev–Trinajstić information content (AvgIpc) is 3.22. The Kier molecular flexibility index (Phi) is 6.01. The molecule has 0 spiro atoms. The number of sulfone groups is 1. The van der Waals surface area contributed by atoms with Crippen molar-refractivity contribution in [2.24, 2.45) is 10.9 Å². The monoisotopic (exact) mass is 375 g/mol. The Bertz CT molecular complexity index is 773. The number of hydrogen-bond acceptors (Lipinski definition) is 3. The molecule has 2 fully saturated rings. The third kappa shape index (κ3) is 4.87. The van der Waals surface area contributed by atoms with Crippen molar-refractivity contribution in [3.8, 4) is 0 Å². The van der Waals surface area contributed by atoms with Gasteiger partial charge in [-0.25, -0.2) is 8.42 Å². The van der Waals surface area contributed by atoms with Gasteiger partial charge in [0.15, 0.2) is 15.8 Å². The van der Waals surface area contributed by atoms with Gasteiger partial charge in [0.05, 0.1) is 11.5 Å². The van der Waals surface area contributed by atoms with Crippen molar-refractivity contribution >= 4 is 15.8 Å². The third-order valence-corrected chi connectivity index (χ3v) is 7.07. The van der Waals surface area contributed by atoms with Crippen LogP contribution >= 0.6 is 0 Å². The smallest absolute Gasteiger partial charge is 0.194 e. The van der Waals surface area contributed by atoms with E-state index in [1.54, 1.807) is 0 Å². The first-order valence-corrected chi connectivity index (χ1v) is 11.2. The van der Waals surface area contributed by atoms with E-state index in [-0.39, 0.29) is 11.7 Å². The van der Waals surface area contributed by atoms with Gasteiger partial charge < -0.3 is 10.2 Å². The lowest BCUT2D eigenvalue weighted by Crippen LogP contribution is -2.40. The Morgan fingerprint density at radius 2 is 2.27 bits per heavy atom. The van der Waals surface area contributed by atoms with E-state index in [1.165, 1.54) is 11.1 Å². The van der Waals surface area contributed by atoms with Crippen LogP contribution in [0.3, 0.4) is 0 Å². The molecule has 0 amide bonds. The standard InChI is InChI=1S/C20H29N3O2S/c1-3-9-21-20(22-13-17-8-11-26(24,25)15-17)23-10-7-19(14-23)18-6-4-5-16(2)12-18/h3-6,12,17,19H,1,7-11,13-15H2,2H3,(H,21,22). The molecule has 0 aliphatic carbocycles. The first-order chi connectivity index (χ1) is 12.5. The van der Waals surface area contributed by atoms with Gasteiger partial charge in [-0.05, 0) is 31.2 Å². The summed E-state index contributed by atoms with van der Waals surface area (Å²) in [4.78, 5) is 7.05. The van der Waals surface area contributed by atoms with Gasteiger partial charge in [0.1, 0.15) is 0 Å². The SMILES string of the molecule is C=CCNC(=NCC1CCS(=O)(=O)C1)N1CCC(c2cccc(C)c2)C1. The molecule has 0 aromatic heterocycles. The highest BCUT2D eigenvalue weighted by Gasteiger charge is 2.29. The van der Waals surface area contributed by atoms with E-state index in [2.05, 4.69) is 48.0 Å². The van der Waals surface area contributed by atoms with Gasteiger partial charge in [-0.3, -0.25) is 4.99 Å². The first kappa shape index (κ1) is 19.0. The summed E-state index contributed by atoms with van der Waals surface area (Å²) in [5.74, 6) is 2.12. The van der Waals surface area contributed by atoms with Crippen LogP contribution in [0.15, 0.2) is 41.9 Å². The van der Waals surface area contributed by atoms with Gasteiger partial charge in [-0.2, -0.15) is 0 Å². The Hall–Kier alpha value is -1.82. The lowest BCUT2D eigenvalue weighted by molar-refractivity contribution is 0.482. The lowest BCUT2D eigenvalue weighted by Gasteiger charge is -2.22. The molecule has 1 aromatic carbocycles. The summed E-state index contributed by atoms with van der Waals surface area (Å²) in [6.45, 7) is 9.04. The van der Waals surface area contributed by atoms with E-state index < -0.39 is 9.84 Å². The molecule has 142 valence electrons. The summed E-state index contributed by atoms with van der Waals surface area (Å²) in [5.41, 5.74) is 2.68. The number of benzene rings is 1. The van der Waals surface area contributed by atoms with E-state index in [0.717, 1.165) is 31.9 Å². The van der Waals surface area contributed by atoms with Crippen molar-refractivity contribution in [2.45, 2.75) is 25.7 Å². The van der Waals surface area contributed by atoms with Crippen LogP contribution in [-0.4, -0.2) is 57.0 Å². The van der Waals surface area contributed by atoms with E-state index in [0.29, 0.717) is 24.8 Å². The Labute approximate surface area is 157 Å². The number of nitrogens with zero attached hydrogens (tertiary/aromatic N) is 2. The second kappa shape index (κ2) is 8.25. The van der Waals surface area contributed by atoms with Gasteiger partial charge in [-0.1, -0.05) is 35.9 Å². The molecule has 5 nitrogen and oxygen atoms in total. The van der Waals surface area contributed by atoms with Gasteiger partial charge in [0.2, 0.25) is 0 Å². The van der Waals surface area contributed by atoms with Crippen LogP contribution in [-0.2, 0) is 9.84 Å². The minimum Gasteiger partial charge on any atom is -0.353 e. The summed E-state index contributed by atoms with van der Waals surface area (Å²) in [5, 5.41) is 3.35. The summed E-state index contributed by atoms with van der Waals surface area (Å²) < 4.78 is 23.3. The zero-order valence-electron chi connectivity index (χ0n) is 15.5. The molecule has 6 heteroatoms. The number of likely N-dealkylation sites (tertiary alicyclic amines) is 1.